The number of aryl methyl sites for hydroxylation is 1. The number of ketones is 1. The van der Waals surface area contributed by atoms with Crippen molar-refractivity contribution in [1.82, 2.24) is 4.98 Å². The number of hydrogen-bond donors (Lipinski definition) is 1. The molecule has 1 aromatic heterocycles. The number of phenols is 1. The SMILES string of the molecule is CCC1CC=C(CCC(=O)C2CCCC(c3nccc4c3=CN=C(CCCCc3ccccc3O)CC=4)CCC2)C=N1. The van der Waals surface area contributed by atoms with Crippen molar-refractivity contribution in [2.45, 2.75) is 115 Å². The quantitative estimate of drug-likeness (QED) is 0.294. The lowest BCUT2D eigenvalue weighted by Crippen LogP contribution is -2.31. The summed E-state index contributed by atoms with van der Waals surface area (Å²) in [5, 5.41) is 12.5. The van der Waals surface area contributed by atoms with Crippen LogP contribution in [0.25, 0.3) is 12.3 Å². The van der Waals surface area contributed by atoms with Crippen molar-refractivity contribution in [3.05, 3.63) is 69.9 Å². The van der Waals surface area contributed by atoms with E-state index in [1.54, 1.807) is 6.07 Å². The summed E-state index contributed by atoms with van der Waals surface area (Å²) in [5.74, 6) is 1.46. The number of Topliss-reactive ketones (excluding diaryl/α,β-unsaturated/α-hetero) is 1. The number of aromatic hydroxyl groups is 1. The van der Waals surface area contributed by atoms with Gasteiger partial charge in [-0.05, 0) is 99.1 Å². The number of nitrogens with zero attached hydrogens (tertiary/aromatic N) is 3. The van der Waals surface area contributed by atoms with Gasteiger partial charge in [0.2, 0.25) is 0 Å². The van der Waals surface area contributed by atoms with Gasteiger partial charge in [-0.1, -0.05) is 50.1 Å². The first-order chi connectivity index (χ1) is 20.6. The molecule has 42 heavy (non-hydrogen) atoms. The minimum atomic E-state index is 0.203. The molecule has 1 unspecified atom stereocenters. The first kappa shape index (κ1) is 30.1. The summed E-state index contributed by atoms with van der Waals surface area (Å²) in [4.78, 5) is 27.6. The summed E-state index contributed by atoms with van der Waals surface area (Å²) in [6.45, 7) is 2.18. The van der Waals surface area contributed by atoms with Gasteiger partial charge in [0.15, 0.2) is 0 Å². The van der Waals surface area contributed by atoms with Gasteiger partial charge in [0.25, 0.3) is 0 Å². The van der Waals surface area contributed by atoms with Crippen molar-refractivity contribution >= 4 is 30.0 Å². The molecule has 1 atom stereocenters. The highest BCUT2D eigenvalue weighted by Crippen LogP contribution is 2.32. The van der Waals surface area contributed by atoms with Gasteiger partial charge in [-0.2, -0.15) is 0 Å². The molecule has 1 saturated carbocycles. The monoisotopic (exact) mass is 565 g/mol. The van der Waals surface area contributed by atoms with Gasteiger partial charge in [-0.3, -0.25) is 19.8 Å². The van der Waals surface area contributed by atoms with Gasteiger partial charge in [-0.15, -0.1) is 0 Å². The molecule has 1 N–H and O–H groups in total. The Kier molecular flexibility index (Phi) is 10.9. The lowest BCUT2D eigenvalue weighted by atomic mass is 9.81. The zero-order valence-electron chi connectivity index (χ0n) is 25.3. The lowest BCUT2D eigenvalue weighted by molar-refractivity contribution is -0.123. The maximum atomic E-state index is 13.1. The zero-order chi connectivity index (χ0) is 29.1. The molecule has 0 bridgehead atoms. The Morgan fingerprint density at radius 3 is 2.55 bits per heavy atom. The second kappa shape index (κ2) is 15.2. The molecule has 1 fully saturated rings. The average Bonchev–Trinajstić information content (AvgIpc) is 3.22. The van der Waals surface area contributed by atoms with E-state index in [1.165, 1.54) is 27.4 Å². The van der Waals surface area contributed by atoms with Gasteiger partial charge >= 0.3 is 0 Å². The minimum absolute atomic E-state index is 0.203. The third-order valence-electron chi connectivity index (χ3n) is 9.43. The molecular formula is C37H47N3O2. The van der Waals surface area contributed by atoms with Crippen LogP contribution in [0.4, 0.5) is 0 Å². The van der Waals surface area contributed by atoms with E-state index >= 15 is 0 Å². The Morgan fingerprint density at radius 1 is 0.976 bits per heavy atom. The van der Waals surface area contributed by atoms with Crippen LogP contribution in [0.1, 0.15) is 114 Å². The Morgan fingerprint density at radius 2 is 1.79 bits per heavy atom. The highest BCUT2D eigenvalue weighted by molar-refractivity contribution is 5.90. The minimum Gasteiger partial charge on any atom is -0.508 e. The van der Waals surface area contributed by atoms with Crippen LogP contribution < -0.4 is 10.4 Å². The number of aromatic nitrogens is 1. The van der Waals surface area contributed by atoms with E-state index in [2.05, 4.69) is 36.3 Å². The molecule has 1 aromatic carbocycles. The molecule has 5 heteroatoms. The fraction of sp³-hybridized carbons (Fsp3) is 0.514. The molecular weight excluding hydrogens is 518 g/mol. The topological polar surface area (TPSA) is 74.9 Å². The van der Waals surface area contributed by atoms with Gasteiger partial charge in [0, 0.05) is 54.2 Å². The Balaban J connectivity index is 1.14. The number of carbonyl (C=O) groups excluding carboxylic acids is 1. The first-order valence-corrected chi connectivity index (χ1v) is 16.3. The van der Waals surface area contributed by atoms with Crippen molar-refractivity contribution in [2.24, 2.45) is 15.9 Å². The number of rotatable bonds is 11. The number of hydrogen-bond acceptors (Lipinski definition) is 5. The molecule has 3 heterocycles. The normalized spacial score (nSPS) is 22.4. The maximum Gasteiger partial charge on any atom is 0.136 e. The highest BCUT2D eigenvalue weighted by atomic mass is 16.3. The first-order valence-electron chi connectivity index (χ1n) is 16.3. The summed E-state index contributed by atoms with van der Waals surface area (Å²) < 4.78 is 0. The van der Waals surface area contributed by atoms with E-state index in [-0.39, 0.29) is 5.92 Å². The van der Waals surface area contributed by atoms with E-state index in [0.29, 0.717) is 29.9 Å². The average molecular weight is 566 g/mol. The summed E-state index contributed by atoms with van der Waals surface area (Å²) in [6, 6.07) is 10.2. The van der Waals surface area contributed by atoms with Crippen molar-refractivity contribution in [3.8, 4) is 5.75 Å². The third kappa shape index (κ3) is 8.14. The molecule has 2 aliphatic heterocycles. The lowest BCUT2D eigenvalue weighted by Gasteiger charge is -2.24. The molecule has 5 nitrogen and oxygen atoms in total. The second-order valence-corrected chi connectivity index (χ2v) is 12.3. The summed E-state index contributed by atoms with van der Waals surface area (Å²) in [5.41, 5.74) is 4.66. The number of dihydropyridines is 1. The molecule has 222 valence electrons. The number of aliphatic imine (C=N–C) groups is 2. The number of fused-ring (bicyclic) bond motifs is 1. The van der Waals surface area contributed by atoms with Crippen molar-refractivity contribution in [3.63, 3.8) is 0 Å². The van der Waals surface area contributed by atoms with Crippen LogP contribution in [0, 0.1) is 5.92 Å². The van der Waals surface area contributed by atoms with E-state index in [0.717, 1.165) is 95.5 Å². The zero-order valence-corrected chi connectivity index (χ0v) is 25.3. The van der Waals surface area contributed by atoms with Crippen LogP contribution in [0.5, 0.6) is 5.75 Å². The predicted octanol–water partition coefficient (Wildman–Crippen LogP) is 7.15. The summed E-state index contributed by atoms with van der Waals surface area (Å²) in [6.07, 6.45) is 25.4. The van der Waals surface area contributed by atoms with Crippen LogP contribution in [0.15, 0.2) is 58.2 Å². The van der Waals surface area contributed by atoms with Gasteiger partial charge in [0.05, 0.1) is 11.7 Å². The summed E-state index contributed by atoms with van der Waals surface area (Å²) in [7, 11) is 0. The van der Waals surface area contributed by atoms with Crippen molar-refractivity contribution in [1.29, 1.82) is 0 Å². The molecule has 0 radical (unpaired) electrons. The number of carbonyl (C=O) groups is 1. The molecule has 5 rings (SSSR count). The number of phenolic OH excluding ortho intramolecular Hbond substituents is 1. The van der Waals surface area contributed by atoms with Crippen LogP contribution in [-0.2, 0) is 11.2 Å². The van der Waals surface area contributed by atoms with E-state index < -0.39 is 0 Å². The van der Waals surface area contributed by atoms with Crippen LogP contribution in [0.3, 0.4) is 0 Å². The Bertz CT molecular complexity index is 1430. The summed E-state index contributed by atoms with van der Waals surface area (Å²) >= 11 is 0. The molecule has 2 aromatic rings. The Labute approximate surface area is 251 Å². The van der Waals surface area contributed by atoms with Crippen LogP contribution >= 0.6 is 0 Å². The highest BCUT2D eigenvalue weighted by Gasteiger charge is 2.24. The largest absolute Gasteiger partial charge is 0.508 e. The fourth-order valence-electron chi connectivity index (χ4n) is 6.74. The molecule has 0 saturated heterocycles. The maximum absolute atomic E-state index is 13.1. The molecule has 0 spiro atoms. The fourth-order valence-corrected chi connectivity index (χ4v) is 6.74. The van der Waals surface area contributed by atoms with Gasteiger partial charge in [0.1, 0.15) is 11.5 Å². The van der Waals surface area contributed by atoms with E-state index in [9.17, 15) is 9.90 Å². The van der Waals surface area contributed by atoms with Gasteiger partial charge in [-0.25, -0.2) is 0 Å². The van der Waals surface area contributed by atoms with E-state index in [4.69, 9.17) is 9.98 Å². The van der Waals surface area contributed by atoms with Crippen LogP contribution in [-0.4, -0.2) is 33.8 Å². The third-order valence-corrected chi connectivity index (χ3v) is 9.43. The number of pyridine rings is 1. The standard InChI is InChI=1S/C37H47N3O2/c1-2-32-20-17-27(25-39-32)18-22-36(42)30-11-7-13-31(14-8-12-30)37-34-26-40-33(21-19-28(34)23-24-38-37)15-5-3-9-29-10-4-6-16-35(29)41/h4,6,10,16-17,19,23-26,30-32,41H,2-3,5,7-9,11-15,18,20-22H2,1H3. The Hall–Kier alpha value is -3.34. The van der Waals surface area contributed by atoms with Crippen molar-refractivity contribution in [2.75, 3.05) is 0 Å². The second-order valence-electron chi connectivity index (χ2n) is 12.3. The molecule has 3 aliphatic rings. The van der Waals surface area contributed by atoms with Crippen LogP contribution in [0.2, 0.25) is 0 Å². The van der Waals surface area contributed by atoms with Gasteiger partial charge < -0.3 is 5.11 Å². The number of allylic oxidation sites excluding steroid dienone is 1. The number of para-hydroxylation sites is 1. The van der Waals surface area contributed by atoms with E-state index in [1.807, 2.05) is 30.6 Å². The molecule has 1 aliphatic carbocycles. The number of unbranched alkanes of at least 4 members (excludes halogenated alkanes) is 1. The predicted molar refractivity (Wildman–Crippen MR) is 174 cm³/mol. The molecule has 0 amide bonds. The number of benzene rings is 1. The smallest absolute Gasteiger partial charge is 0.136 e. The van der Waals surface area contributed by atoms with Crippen molar-refractivity contribution < 1.29 is 9.90 Å².